The van der Waals surface area contributed by atoms with Gasteiger partial charge in [0.05, 0.1) is 17.3 Å². The highest BCUT2D eigenvalue weighted by atomic mass is 16.6. The number of carbonyl (C=O) groups excluding carboxylic acids is 1. The van der Waals surface area contributed by atoms with Crippen LogP contribution in [0.25, 0.3) is 5.69 Å². The van der Waals surface area contributed by atoms with Crippen molar-refractivity contribution in [3.63, 3.8) is 0 Å². The molecule has 1 aromatic carbocycles. The SMILES string of the molecule is CCc1nc(NC(=O)C2CCN2C(O)OC(C)(C)C)nn1-c1ccccc1. The molecule has 3 rings (SSSR count). The lowest BCUT2D eigenvalue weighted by atomic mass is 10.0. The van der Waals surface area contributed by atoms with E-state index in [9.17, 15) is 9.90 Å². The Kier molecular flexibility index (Phi) is 5.59. The molecule has 2 N–H and O–H groups in total. The van der Waals surface area contributed by atoms with Gasteiger partial charge >= 0.3 is 0 Å². The van der Waals surface area contributed by atoms with Gasteiger partial charge in [-0.05, 0) is 39.3 Å². The number of amides is 1. The fourth-order valence-corrected chi connectivity index (χ4v) is 2.93. The molecule has 146 valence electrons. The van der Waals surface area contributed by atoms with E-state index in [2.05, 4.69) is 15.4 Å². The molecular weight excluding hydrogens is 346 g/mol. The van der Waals surface area contributed by atoms with Crippen molar-refractivity contribution < 1.29 is 14.6 Å². The van der Waals surface area contributed by atoms with Crippen LogP contribution in [0.2, 0.25) is 0 Å². The molecule has 1 fully saturated rings. The Bertz CT molecular complexity index is 784. The zero-order valence-corrected chi connectivity index (χ0v) is 16.2. The van der Waals surface area contributed by atoms with E-state index < -0.39 is 18.1 Å². The van der Waals surface area contributed by atoms with Crippen LogP contribution >= 0.6 is 0 Å². The lowest BCUT2D eigenvalue weighted by Gasteiger charge is -2.43. The highest BCUT2D eigenvalue weighted by Crippen LogP contribution is 2.24. The van der Waals surface area contributed by atoms with Gasteiger partial charge < -0.3 is 9.84 Å². The topological polar surface area (TPSA) is 92.5 Å². The number of para-hydroxylation sites is 1. The molecule has 1 aliphatic rings. The molecule has 0 radical (unpaired) electrons. The van der Waals surface area contributed by atoms with Gasteiger partial charge in [-0.2, -0.15) is 4.98 Å². The van der Waals surface area contributed by atoms with Crippen LogP contribution in [-0.2, 0) is 16.0 Å². The maximum atomic E-state index is 12.6. The second-order valence-electron chi connectivity index (χ2n) is 7.54. The third kappa shape index (κ3) is 4.52. The molecule has 27 heavy (non-hydrogen) atoms. The molecule has 0 saturated carbocycles. The van der Waals surface area contributed by atoms with E-state index in [4.69, 9.17) is 4.74 Å². The summed E-state index contributed by atoms with van der Waals surface area (Å²) in [6.45, 7) is 8.16. The smallest absolute Gasteiger partial charge is 0.249 e. The molecule has 1 amide bonds. The van der Waals surface area contributed by atoms with Crippen molar-refractivity contribution in [1.29, 1.82) is 0 Å². The molecule has 0 spiro atoms. The average molecular weight is 373 g/mol. The predicted octanol–water partition coefficient (Wildman–Crippen LogP) is 1.93. The van der Waals surface area contributed by atoms with Gasteiger partial charge in [0.15, 0.2) is 0 Å². The normalized spacial score (nSPS) is 18.8. The number of anilines is 1. The summed E-state index contributed by atoms with van der Waals surface area (Å²) in [5.41, 5.74) is 0.392. The van der Waals surface area contributed by atoms with Crippen LogP contribution in [0.4, 0.5) is 5.95 Å². The Morgan fingerprint density at radius 2 is 2.07 bits per heavy atom. The van der Waals surface area contributed by atoms with Crippen LogP contribution in [0.3, 0.4) is 0 Å². The van der Waals surface area contributed by atoms with E-state index in [0.29, 0.717) is 19.4 Å². The molecule has 1 aliphatic heterocycles. The molecule has 1 saturated heterocycles. The number of aliphatic hydroxyl groups excluding tert-OH is 1. The van der Waals surface area contributed by atoms with Gasteiger partial charge in [-0.1, -0.05) is 25.1 Å². The van der Waals surface area contributed by atoms with E-state index >= 15 is 0 Å². The lowest BCUT2D eigenvalue weighted by Crippen LogP contribution is -2.60. The van der Waals surface area contributed by atoms with Crippen LogP contribution in [0.15, 0.2) is 30.3 Å². The van der Waals surface area contributed by atoms with Crippen molar-refractivity contribution in [3.8, 4) is 5.69 Å². The number of aromatic nitrogens is 3. The van der Waals surface area contributed by atoms with Crippen LogP contribution in [0.5, 0.6) is 0 Å². The lowest BCUT2D eigenvalue weighted by molar-refractivity contribution is -0.263. The first-order valence-corrected chi connectivity index (χ1v) is 9.22. The van der Waals surface area contributed by atoms with Gasteiger partial charge in [0.1, 0.15) is 5.82 Å². The predicted molar refractivity (Wildman–Crippen MR) is 101 cm³/mol. The van der Waals surface area contributed by atoms with E-state index in [0.717, 1.165) is 11.5 Å². The summed E-state index contributed by atoms with van der Waals surface area (Å²) in [7, 11) is 0. The second-order valence-corrected chi connectivity index (χ2v) is 7.54. The Labute approximate surface area is 159 Å². The maximum Gasteiger partial charge on any atom is 0.249 e. The van der Waals surface area contributed by atoms with Gasteiger partial charge in [0, 0.05) is 13.0 Å². The molecule has 8 nitrogen and oxygen atoms in total. The number of carbonyl (C=O) groups is 1. The summed E-state index contributed by atoms with van der Waals surface area (Å²) >= 11 is 0. The third-order valence-electron chi connectivity index (χ3n) is 4.33. The highest BCUT2D eigenvalue weighted by molar-refractivity contribution is 5.94. The van der Waals surface area contributed by atoms with Crippen molar-refractivity contribution in [2.45, 2.75) is 58.6 Å². The van der Waals surface area contributed by atoms with E-state index in [1.807, 2.05) is 58.0 Å². The Morgan fingerprint density at radius 3 is 2.63 bits per heavy atom. The maximum absolute atomic E-state index is 12.6. The number of nitrogens with zero attached hydrogens (tertiary/aromatic N) is 4. The van der Waals surface area contributed by atoms with E-state index in [-0.39, 0.29) is 11.9 Å². The third-order valence-corrected chi connectivity index (χ3v) is 4.33. The summed E-state index contributed by atoms with van der Waals surface area (Å²) in [6, 6.07) is 9.21. The average Bonchev–Trinajstić information content (AvgIpc) is 2.95. The van der Waals surface area contributed by atoms with E-state index in [1.165, 1.54) is 0 Å². The highest BCUT2D eigenvalue weighted by Gasteiger charge is 2.40. The summed E-state index contributed by atoms with van der Waals surface area (Å²) in [5, 5.41) is 17.4. The van der Waals surface area contributed by atoms with Crippen LogP contribution in [-0.4, -0.2) is 55.3 Å². The summed E-state index contributed by atoms with van der Waals surface area (Å²) in [6.07, 6.45) is 0.220. The Balaban J connectivity index is 1.69. The first kappa shape index (κ1) is 19.5. The number of hydrogen-bond acceptors (Lipinski definition) is 6. The zero-order valence-electron chi connectivity index (χ0n) is 16.2. The van der Waals surface area contributed by atoms with Gasteiger partial charge in [0.25, 0.3) is 0 Å². The number of nitrogens with one attached hydrogen (secondary N) is 1. The molecule has 8 heteroatoms. The van der Waals surface area contributed by atoms with Crippen LogP contribution < -0.4 is 5.32 Å². The number of benzene rings is 1. The first-order valence-electron chi connectivity index (χ1n) is 9.22. The van der Waals surface area contributed by atoms with Gasteiger partial charge in [-0.25, -0.2) is 9.58 Å². The Morgan fingerprint density at radius 1 is 1.37 bits per heavy atom. The number of hydrogen-bond donors (Lipinski definition) is 2. The molecule has 1 aromatic heterocycles. The molecular formula is C19H27N5O3. The molecule has 0 bridgehead atoms. The minimum Gasteiger partial charge on any atom is -0.356 e. The molecule has 2 heterocycles. The first-order chi connectivity index (χ1) is 12.8. The standard InChI is InChI=1S/C19H27N5O3/c1-5-15-20-17(22-24(15)13-9-7-6-8-10-13)21-16(25)14-11-12-23(14)18(26)27-19(2,3)4/h6-10,14,18,26H,5,11-12H2,1-4H3,(H,21,22,25). The fraction of sp³-hybridized carbons (Fsp3) is 0.526. The van der Waals surface area contributed by atoms with Crippen molar-refractivity contribution in [1.82, 2.24) is 19.7 Å². The van der Waals surface area contributed by atoms with Gasteiger partial charge in [-0.3, -0.25) is 10.1 Å². The minimum atomic E-state index is -1.12. The van der Waals surface area contributed by atoms with Crippen molar-refractivity contribution in [2.75, 3.05) is 11.9 Å². The second kappa shape index (κ2) is 7.75. The largest absolute Gasteiger partial charge is 0.356 e. The van der Waals surface area contributed by atoms with E-state index in [1.54, 1.807) is 9.58 Å². The fourth-order valence-electron chi connectivity index (χ4n) is 2.93. The minimum absolute atomic E-state index is 0.245. The number of aryl methyl sites for hydroxylation is 1. The zero-order chi connectivity index (χ0) is 19.6. The number of rotatable bonds is 6. The van der Waals surface area contributed by atoms with Crippen LogP contribution in [0, 0.1) is 0 Å². The molecule has 2 atom stereocenters. The summed E-state index contributed by atoms with van der Waals surface area (Å²) in [4.78, 5) is 18.7. The summed E-state index contributed by atoms with van der Waals surface area (Å²) < 4.78 is 7.26. The quantitative estimate of drug-likeness (QED) is 0.752. The number of aliphatic hydroxyl groups is 1. The van der Waals surface area contributed by atoms with Crippen molar-refractivity contribution in [3.05, 3.63) is 36.2 Å². The van der Waals surface area contributed by atoms with Crippen LogP contribution in [0.1, 0.15) is 39.9 Å². The van der Waals surface area contributed by atoms with Crippen molar-refractivity contribution in [2.24, 2.45) is 0 Å². The number of likely N-dealkylation sites (tertiary alicyclic amines) is 1. The van der Waals surface area contributed by atoms with Gasteiger partial charge in [0.2, 0.25) is 18.3 Å². The monoisotopic (exact) mass is 373 g/mol. The summed E-state index contributed by atoms with van der Waals surface area (Å²) in [5.74, 6) is 0.780. The number of ether oxygens (including phenoxy) is 1. The molecule has 2 unspecified atom stereocenters. The molecule has 0 aliphatic carbocycles. The Hall–Kier alpha value is -2.29. The van der Waals surface area contributed by atoms with Crippen molar-refractivity contribution >= 4 is 11.9 Å². The molecule has 2 aromatic rings. The van der Waals surface area contributed by atoms with Gasteiger partial charge in [-0.15, -0.1) is 5.10 Å².